The fraction of sp³-hybridized carbons (Fsp3) is 0.143. The molecule has 0 aliphatic heterocycles. The van der Waals surface area contributed by atoms with Gasteiger partial charge in [0.2, 0.25) is 0 Å². The van der Waals surface area contributed by atoms with Gasteiger partial charge in [0.15, 0.2) is 11.6 Å². The second-order valence-corrected chi connectivity index (χ2v) is 4.91. The number of hydrogen-bond acceptors (Lipinski definition) is 3. The largest absolute Gasteiger partial charge is 0.494 e. The van der Waals surface area contributed by atoms with Crippen LogP contribution >= 0.6 is 15.9 Å². The van der Waals surface area contributed by atoms with Crippen molar-refractivity contribution in [2.75, 3.05) is 12.8 Å². The zero-order chi connectivity index (χ0) is 14.0. The summed E-state index contributed by atoms with van der Waals surface area (Å²) < 4.78 is 25.1. The molecular weight excluding hydrogens is 313 g/mol. The zero-order valence-corrected chi connectivity index (χ0v) is 12.1. The van der Waals surface area contributed by atoms with E-state index in [2.05, 4.69) is 15.9 Å². The second-order valence-electron chi connectivity index (χ2n) is 4.06. The third kappa shape index (κ3) is 2.98. The van der Waals surface area contributed by atoms with Crippen molar-refractivity contribution in [1.29, 1.82) is 0 Å². The molecule has 5 heteroatoms. The maximum absolute atomic E-state index is 13.8. The van der Waals surface area contributed by atoms with Crippen molar-refractivity contribution in [2.24, 2.45) is 0 Å². The van der Waals surface area contributed by atoms with E-state index >= 15 is 0 Å². The first kappa shape index (κ1) is 13.7. The summed E-state index contributed by atoms with van der Waals surface area (Å²) in [5.41, 5.74) is 6.92. The molecular formula is C14H13BrFNO2. The van der Waals surface area contributed by atoms with Crippen LogP contribution in [0.2, 0.25) is 0 Å². The lowest BCUT2D eigenvalue weighted by molar-refractivity contribution is 0.402. The Balaban J connectivity index is 2.37. The molecule has 0 atom stereocenters. The van der Waals surface area contributed by atoms with E-state index in [0.717, 1.165) is 10.0 Å². The molecule has 2 rings (SSSR count). The number of rotatable bonds is 3. The Morgan fingerprint density at radius 2 is 1.84 bits per heavy atom. The molecule has 0 fully saturated rings. The summed E-state index contributed by atoms with van der Waals surface area (Å²) in [5.74, 6) is 0.428. The Labute approximate surface area is 119 Å². The van der Waals surface area contributed by atoms with Crippen LogP contribution in [0, 0.1) is 12.7 Å². The molecule has 19 heavy (non-hydrogen) atoms. The fourth-order valence-corrected chi connectivity index (χ4v) is 2.19. The quantitative estimate of drug-likeness (QED) is 0.856. The van der Waals surface area contributed by atoms with Crippen LogP contribution in [0.3, 0.4) is 0 Å². The highest BCUT2D eigenvalue weighted by atomic mass is 79.9. The minimum absolute atomic E-state index is 0.0654. The lowest BCUT2D eigenvalue weighted by Gasteiger charge is -2.12. The molecule has 2 aromatic rings. The van der Waals surface area contributed by atoms with Crippen LogP contribution in [0.1, 0.15) is 5.56 Å². The van der Waals surface area contributed by atoms with Crippen LogP contribution in [0.25, 0.3) is 0 Å². The highest BCUT2D eigenvalue weighted by Gasteiger charge is 2.12. The van der Waals surface area contributed by atoms with Gasteiger partial charge in [-0.05, 0) is 40.5 Å². The smallest absolute Gasteiger partial charge is 0.168 e. The van der Waals surface area contributed by atoms with E-state index in [0.29, 0.717) is 11.5 Å². The topological polar surface area (TPSA) is 44.5 Å². The first-order valence-corrected chi connectivity index (χ1v) is 6.37. The Kier molecular flexibility index (Phi) is 3.95. The summed E-state index contributed by atoms with van der Waals surface area (Å²) in [7, 11) is 1.47. The molecule has 0 aliphatic carbocycles. The average molecular weight is 326 g/mol. The second kappa shape index (κ2) is 5.48. The van der Waals surface area contributed by atoms with E-state index in [-0.39, 0.29) is 11.4 Å². The molecule has 0 saturated carbocycles. The van der Waals surface area contributed by atoms with E-state index in [1.807, 2.05) is 19.1 Å². The molecule has 100 valence electrons. The third-order valence-corrected chi connectivity index (χ3v) is 3.21. The zero-order valence-electron chi connectivity index (χ0n) is 10.5. The highest BCUT2D eigenvalue weighted by molar-refractivity contribution is 9.10. The minimum Gasteiger partial charge on any atom is -0.494 e. The molecule has 0 radical (unpaired) electrons. The lowest BCUT2D eigenvalue weighted by atomic mass is 10.2. The fourth-order valence-electron chi connectivity index (χ4n) is 1.61. The number of hydrogen-bond donors (Lipinski definition) is 1. The minimum atomic E-state index is -0.536. The van der Waals surface area contributed by atoms with Crippen molar-refractivity contribution in [3.8, 4) is 17.2 Å². The Bertz CT molecular complexity index is 617. The summed E-state index contributed by atoms with van der Waals surface area (Å²) in [5, 5.41) is 0. The summed E-state index contributed by atoms with van der Waals surface area (Å²) in [4.78, 5) is 0. The highest BCUT2D eigenvalue weighted by Crippen LogP contribution is 2.35. The predicted molar refractivity (Wildman–Crippen MR) is 76.3 cm³/mol. The van der Waals surface area contributed by atoms with Gasteiger partial charge >= 0.3 is 0 Å². The predicted octanol–water partition coefficient (Wildman–Crippen LogP) is 4.28. The lowest BCUT2D eigenvalue weighted by Crippen LogP contribution is -1.96. The standard InChI is InChI=1S/C14H13BrFNO2/c1-8-3-4-12(9(15)5-8)19-13-7-14(18-2)11(17)6-10(13)16/h3-7H,17H2,1-2H3. The summed E-state index contributed by atoms with van der Waals surface area (Å²) in [6.45, 7) is 1.96. The van der Waals surface area contributed by atoms with Gasteiger partial charge in [0, 0.05) is 12.1 Å². The first-order chi connectivity index (χ1) is 9.01. The van der Waals surface area contributed by atoms with Crippen molar-refractivity contribution >= 4 is 21.6 Å². The number of halogens is 2. The summed E-state index contributed by atoms with van der Waals surface area (Å²) in [6.07, 6.45) is 0. The molecule has 0 bridgehead atoms. The Hall–Kier alpha value is -1.75. The van der Waals surface area contributed by atoms with Crippen molar-refractivity contribution in [1.82, 2.24) is 0 Å². The van der Waals surface area contributed by atoms with Gasteiger partial charge in [-0.2, -0.15) is 0 Å². The molecule has 0 amide bonds. The SMILES string of the molecule is COc1cc(Oc2ccc(C)cc2Br)c(F)cc1N. The van der Waals surface area contributed by atoms with Gasteiger partial charge < -0.3 is 15.2 Å². The molecule has 0 unspecified atom stereocenters. The molecule has 2 N–H and O–H groups in total. The molecule has 0 heterocycles. The van der Waals surface area contributed by atoms with E-state index in [1.165, 1.54) is 19.2 Å². The van der Waals surface area contributed by atoms with Gasteiger partial charge in [0.05, 0.1) is 17.3 Å². The van der Waals surface area contributed by atoms with Crippen molar-refractivity contribution in [2.45, 2.75) is 6.92 Å². The van der Waals surface area contributed by atoms with Crippen LogP contribution < -0.4 is 15.2 Å². The number of nitrogens with two attached hydrogens (primary N) is 1. The molecule has 0 saturated heterocycles. The van der Waals surface area contributed by atoms with Gasteiger partial charge in [-0.25, -0.2) is 4.39 Å². The van der Waals surface area contributed by atoms with Crippen molar-refractivity contribution in [3.05, 3.63) is 46.2 Å². The van der Waals surface area contributed by atoms with Crippen LogP contribution in [0.15, 0.2) is 34.8 Å². The monoisotopic (exact) mass is 325 g/mol. The van der Waals surface area contributed by atoms with Gasteiger partial charge in [-0.3, -0.25) is 0 Å². The summed E-state index contributed by atoms with van der Waals surface area (Å²) >= 11 is 3.38. The van der Waals surface area contributed by atoms with Gasteiger partial charge in [0.25, 0.3) is 0 Å². The first-order valence-electron chi connectivity index (χ1n) is 5.58. The van der Waals surface area contributed by atoms with Gasteiger partial charge in [0.1, 0.15) is 11.5 Å². The number of methoxy groups -OCH3 is 1. The van der Waals surface area contributed by atoms with E-state index in [4.69, 9.17) is 15.2 Å². The third-order valence-electron chi connectivity index (χ3n) is 2.59. The van der Waals surface area contributed by atoms with Crippen molar-refractivity contribution in [3.63, 3.8) is 0 Å². The summed E-state index contributed by atoms with van der Waals surface area (Å²) in [6, 6.07) is 8.14. The van der Waals surface area contributed by atoms with Crippen LogP contribution in [0.4, 0.5) is 10.1 Å². The maximum atomic E-state index is 13.8. The van der Waals surface area contributed by atoms with Crippen LogP contribution in [0.5, 0.6) is 17.2 Å². The number of aryl methyl sites for hydroxylation is 1. The Morgan fingerprint density at radius 1 is 1.11 bits per heavy atom. The average Bonchev–Trinajstić information content (AvgIpc) is 2.35. The molecule has 2 aromatic carbocycles. The number of benzene rings is 2. The number of anilines is 1. The Morgan fingerprint density at radius 3 is 2.47 bits per heavy atom. The molecule has 3 nitrogen and oxygen atoms in total. The van der Waals surface area contributed by atoms with E-state index < -0.39 is 5.82 Å². The molecule has 0 spiro atoms. The normalized spacial score (nSPS) is 10.3. The van der Waals surface area contributed by atoms with E-state index in [9.17, 15) is 4.39 Å². The van der Waals surface area contributed by atoms with Gasteiger partial charge in [-0.1, -0.05) is 6.07 Å². The molecule has 0 aromatic heterocycles. The number of nitrogen functional groups attached to an aromatic ring is 1. The maximum Gasteiger partial charge on any atom is 0.168 e. The van der Waals surface area contributed by atoms with Crippen LogP contribution in [-0.2, 0) is 0 Å². The van der Waals surface area contributed by atoms with E-state index in [1.54, 1.807) is 6.07 Å². The van der Waals surface area contributed by atoms with Gasteiger partial charge in [-0.15, -0.1) is 0 Å². The molecule has 0 aliphatic rings. The van der Waals surface area contributed by atoms with Crippen LogP contribution in [-0.4, -0.2) is 7.11 Å². The van der Waals surface area contributed by atoms with Crippen molar-refractivity contribution < 1.29 is 13.9 Å². The number of ether oxygens (including phenoxy) is 2.